The molecule has 2 unspecified atom stereocenters. The Morgan fingerprint density at radius 3 is 3.10 bits per heavy atom. The molecule has 2 fully saturated rings. The molecule has 114 valence electrons. The van der Waals surface area contributed by atoms with Gasteiger partial charge in [-0.1, -0.05) is 13.0 Å². The zero-order chi connectivity index (χ0) is 14.7. The molecule has 1 aromatic heterocycles. The monoisotopic (exact) mass is 287 g/mol. The summed E-state index contributed by atoms with van der Waals surface area (Å²) in [6.07, 6.45) is 8.91. The molecule has 1 amide bonds. The molecule has 3 heterocycles. The van der Waals surface area contributed by atoms with Crippen molar-refractivity contribution in [2.45, 2.75) is 45.1 Å². The fraction of sp³-hybridized carbons (Fsp3) is 0.647. The number of hydrogen-bond acceptors (Lipinski definition) is 3. The van der Waals surface area contributed by atoms with Crippen LogP contribution in [0.3, 0.4) is 0 Å². The summed E-state index contributed by atoms with van der Waals surface area (Å²) in [6.45, 7) is 4.92. The van der Waals surface area contributed by atoms with Crippen LogP contribution in [0.25, 0.3) is 0 Å². The summed E-state index contributed by atoms with van der Waals surface area (Å²) in [7, 11) is 0. The first-order valence-corrected chi connectivity index (χ1v) is 8.18. The zero-order valence-electron chi connectivity index (χ0n) is 12.8. The highest BCUT2D eigenvalue weighted by molar-refractivity contribution is 5.84. The highest BCUT2D eigenvalue weighted by Gasteiger charge is 2.43. The van der Waals surface area contributed by atoms with Crippen molar-refractivity contribution < 1.29 is 4.79 Å². The maximum Gasteiger partial charge on any atom is 0.230 e. The van der Waals surface area contributed by atoms with Crippen molar-refractivity contribution in [1.82, 2.24) is 15.2 Å². The van der Waals surface area contributed by atoms with Crippen molar-refractivity contribution in [1.29, 1.82) is 0 Å². The summed E-state index contributed by atoms with van der Waals surface area (Å²) in [5, 5.41) is 3.43. The number of hydrogen-bond donors (Lipinski definition) is 1. The summed E-state index contributed by atoms with van der Waals surface area (Å²) < 4.78 is 0. The first-order chi connectivity index (χ1) is 10.3. The van der Waals surface area contributed by atoms with Crippen molar-refractivity contribution in [2.75, 3.05) is 19.6 Å². The van der Waals surface area contributed by atoms with Gasteiger partial charge in [-0.2, -0.15) is 0 Å². The lowest BCUT2D eigenvalue weighted by molar-refractivity contribution is -0.144. The minimum Gasteiger partial charge on any atom is -0.335 e. The second kappa shape index (κ2) is 6.14. The van der Waals surface area contributed by atoms with E-state index in [-0.39, 0.29) is 11.5 Å². The van der Waals surface area contributed by atoms with Crippen molar-refractivity contribution in [2.24, 2.45) is 5.41 Å². The second-order valence-corrected chi connectivity index (χ2v) is 6.36. The molecule has 2 aliphatic heterocycles. The summed E-state index contributed by atoms with van der Waals surface area (Å²) in [5.41, 5.74) is 0.988. The van der Waals surface area contributed by atoms with Gasteiger partial charge in [0.2, 0.25) is 5.91 Å². The Morgan fingerprint density at radius 1 is 1.52 bits per heavy atom. The molecule has 4 nitrogen and oxygen atoms in total. The second-order valence-electron chi connectivity index (χ2n) is 6.36. The lowest BCUT2D eigenvalue weighted by atomic mass is 9.77. The van der Waals surface area contributed by atoms with E-state index >= 15 is 0 Å². The number of nitrogens with zero attached hydrogens (tertiary/aromatic N) is 2. The number of likely N-dealkylation sites (tertiary alicyclic amines) is 1. The first-order valence-electron chi connectivity index (χ1n) is 8.18. The van der Waals surface area contributed by atoms with E-state index in [4.69, 9.17) is 0 Å². The maximum atomic E-state index is 13.2. The van der Waals surface area contributed by atoms with Crippen LogP contribution < -0.4 is 5.32 Å². The van der Waals surface area contributed by atoms with Crippen LogP contribution in [-0.2, 0) is 4.79 Å². The Labute approximate surface area is 126 Å². The van der Waals surface area contributed by atoms with Crippen LogP contribution in [0.15, 0.2) is 24.5 Å². The van der Waals surface area contributed by atoms with Crippen molar-refractivity contribution in [3.8, 4) is 0 Å². The van der Waals surface area contributed by atoms with Gasteiger partial charge < -0.3 is 10.2 Å². The van der Waals surface area contributed by atoms with E-state index in [1.165, 1.54) is 5.56 Å². The van der Waals surface area contributed by atoms with Crippen LogP contribution in [0.1, 0.15) is 50.6 Å². The zero-order valence-corrected chi connectivity index (χ0v) is 12.8. The Balaban J connectivity index is 1.82. The van der Waals surface area contributed by atoms with Gasteiger partial charge in [-0.3, -0.25) is 9.78 Å². The summed E-state index contributed by atoms with van der Waals surface area (Å²) in [5.74, 6) is 0.351. The molecule has 21 heavy (non-hydrogen) atoms. The highest BCUT2D eigenvalue weighted by atomic mass is 16.2. The number of carbonyl (C=O) groups is 1. The van der Waals surface area contributed by atoms with Crippen molar-refractivity contribution in [3.05, 3.63) is 30.1 Å². The molecule has 0 aliphatic carbocycles. The fourth-order valence-electron chi connectivity index (χ4n) is 3.84. The van der Waals surface area contributed by atoms with Crippen LogP contribution in [0, 0.1) is 5.41 Å². The average Bonchev–Trinajstić information content (AvgIpc) is 3.05. The number of carbonyl (C=O) groups excluding carboxylic acids is 1. The van der Waals surface area contributed by atoms with Gasteiger partial charge in [0, 0.05) is 25.5 Å². The third-order valence-corrected chi connectivity index (χ3v) is 5.19. The number of aromatic nitrogens is 1. The predicted octanol–water partition coefficient (Wildman–Crippen LogP) is 2.52. The fourth-order valence-corrected chi connectivity index (χ4v) is 3.84. The molecule has 2 aliphatic rings. The molecule has 4 heteroatoms. The molecule has 1 aromatic rings. The van der Waals surface area contributed by atoms with Crippen LogP contribution in [0.4, 0.5) is 0 Å². The van der Waals surface area contributed by atoms with Gasteiger partial charge in [0.25, 0.3) is 0 Å². The van der Waals surface area contributed by atoms with Gasteiger partial charge in [0.05, 0.1) is 11.5 Å². The number of rotatable bonds is 3. The molecule has 0 spiro atoms. The van der Waals surface area contributed by atoms with Crippen LogP contribution in [0.2, 0.25) is 0 Å². The smallest absolute Gasteiger partial charge is 0.230 e. The Hall–Kier alpha value is -1.42. The van der Waals surface area contributed by atoms with Crippen molar-refractivity contribution in [3.63, 3.8) is 0 Å². The normalized spacial score (nSPS) is 29.6. The van der Waals surface area contributed by atoms with E-state index in [1.54, 1.807) is 6.20 Å². The molecule has 0 aromatic carbocycles. The van der Waals surface area contributed by atoms with E-state index in [2.05, 4.69) is 28.2 Å². The Kier molecular flexibility index (Phi) is 4.24. The van der Waals surface area contributed by atoms with Crippen molar-refractivity contribution >= 4 is 5.91 Å². The molecule has 2 atom stereocenters. The lowest BCUT2D eigenvalue weighted by Gasteiger charge is -2.40. The SMILES string of the molecule is CCC1(C(=O)N2CCCC2c2cccnc2)CCCNC1. The van der Waals surface area contributed by atoms with E-state index in [9.17, 15) is 4.79 Å². The van der Waals surface area contributed by atoms with E-state index < -0.39 is 0 Å². The van der Waals surface area contributed by atoms with Crippen LogP contribution in [0.5, 0.6) is 0 Å². The highest BCUT2D eigenvalue weighted by Crippen LogP contribution is 2.39. The lowest BCUT2D eigenvalue weighted by Crippen LogP contribution is -2.51. The van der Waals surface area contributed by atoms with Crippen LogP contribution >= 0.6 is 0 Å². The van der Waals surface area contributed by atoms with E-state index in [0.717, 1.165) is 51.7 Å². The molecule has 0 radical (unpaired) electrons. The van der Waals surface area contributed by atoms with Gasteiger partial charge in [0.15, 0.2) is 0 Å². The van der Waals surface area contributed by atoms with Gasteiger partial charge in [-0.05, 0) is 50.3 Å². The standard InChI is InChI=1S/C17H25N3O/c1-2-17(8-5-10-19-13-17)16(21)20-11-4-7-15(20)14-6-3-9-18-12-14/h3,6,9,12,15,19H,2,4-5,7-8,10-11,13H2,1H3. The van der Waals surface area contributed by atoms with E-state index in [1.807, 2.05) is 12.3 Å². The molecule has 0 bridgehead atoms. The van der Waals surface area contributed by atoms with Gasteiger partial charge in [-0.25, -0.2) is 0 Å². The average molecular weight is 287 g/mol. The van der Waals surface area contributed by atoms with Crippen LogP contribution in [-0.4, -0.2) is 35.4 Å². The Bertz CT molecular complexity index is 482. The third-order valence-electron chi connectivity index (χ3n) is 5.19. The Morgan fingerprint density at radius 2 is 2.43 bits per heavy atom. The summed E-state index contributed by atoms with van der Waals surface area (Å²) in [6, 6.07) is 4.28. The molecule has 0 saturated carbocycles. The number of amides is 1. The molecule has 1 N–H and O–H groups in total. The minimum atomic E-state index is -0.191. The predicted molar refractivity (Wildman–Crippen MR) is 82.8 cm³/mol. The molecule has 3 rings (SSSR count). The van der Waals surface area contributed by atoms with E-state index in [0.29, 0.717) is 5.91 Å². The topological polar surface area (TPSA) is 45.2 Å². The number of nitrogens with one attached hydrogen (secondary N) is 1. The number of pyridine rings is 1. The largest absolute Gasteiger partial charge is 0.335 e. The number of piperidine rings is 1. The minimum absolute atomic E-state index is 0.191. The molecule has 2 saturated heterocycles. The molecular weight excluding hydrogens is 262 g/mol. The van der Waals surface area contributed by atoms with Gasteiger partial charge >= 0.3 is 0 Å². The third kappa shape index (κ3) is 2.69. The quantitative estimate of drug-likeness (QED) is 0.929. The summed E-state index contributed by atoms with van der Waals surface area (Å²) >= 11 is 0. The first kappa shape index (κ1) is 14.5. The van der Waals surface area contributed by atoms with Gasteiger partial charge in [0.1, 0.15) is 0 Å². The summed E-state index contributed by atoms with van der Waals surface area (Å²) in [4.78, 5) is 19.5. The molecular formula is C17H25N3O. The maximum absolute atomic E-state index is 13.2. The van der Waals surface area contributed by atoms with Gasteiger partial charge in [-0.15, -0.1) is 0 Å².